The molecule has 0 amide bonds. The highest BCUT2D eigenvalue weighted by Gasteiger charge is 2.27. The first-order chi connectivity index (χ1) is 12.7. The van der Waals surface area contributed by atoms with Gasteiger partial charge in [0.25, 0.3) is 0 Å². The third-order valence-electron chi connectivity index (χ3n) is 4.11. The Morgan fingerprint density at radius 3 is 2.12 bits per heavy atom. The molecule has 3 rings (SSSR count). The number of hydrogen-bond donors (Lipinski definition) is 3. The highest BCUT2D eigenvalue weighted by atomic mass is 16.4. The molecule has 130 valence electrons. The SMILES string of the molecule is NC(C(=O)c1ccc2ccccc2c1)C(=N\O)/C(=N/O)c1ccccc1. The molecule has 0 saturated heterocycles. The van der Waals surface area contributed by atoms with Crippen LogP contribution in [0.5, 0.6) is 0 Å². The van der Waals surface area contributed by atoms with E-state index in [4.69, 9.17) is 5.73 Å². The van der Waals surface area contributed by atoms with Gasteiger partial charge in [0, 0.05) is 11.1 Å². The molecule has 26 heavy (non-hydrogen) atoms. The molecular formula is C20H17N3O3. The Bertz CT molecular complexity index is 997. The van der Waals surface area contributed by atoms with Gasteiger partial charge >= 0.3 is 0 Å². The Balaban J connectivity index is 1.94. The Kier molecular flexibility index (Phi) is 5.05. The number of nitrogens with zero attached hydrogens (tertiary/aromatic N) is 2. The summed E-state index contributed by atoms with van der Waals surface area (Å²) >= 11 is 0. The summed E-state index contributed by atoms with van der Waals surface area (Å²) in [5, 5.41) is 26.9. The van der Waals surface area contributed by atoms with E-state index in [1.807, 2.05) is 30.3 Å². The van der Waals surface area contributed by atoms with E-state index >= 15 is 0 Å². The fourth-order valence-corrected chi connectivity index (χ4v) is 2.76. The van der Waals surface area contributed by atoms with Crippen molar-refractivity contribution in [2.75, 3.05) is 0 Å². The van der Waals surface area contributed by atoms with Gasteiger partial charge in [0.05, 0.1) is 0 Å². The van der Waals surface area contributed by atoms with Gasteiger partial charge in [-0.3, -0.25) is 4.79 Å². The number of hydrogen-bond acceptors (Lipinski definition) is 6. The van der Waals surface area contributed by atoms with E-state index < -0.39 is 11.8 Å². The van der Waals surface area contributed by atoms with E-state index in [1.165, 1.54) is 0 Å². The van der Waals surface area contributed by atoms with Crippen molar-refractivity contribution in [1.82, 2.24) is 0 Å². The quantitative estimate of drug-likeness (QED) is 0.285. The van der Waals surface area contributed by atoms with Gasteiger partial charge in [-0.05, 0) is 16.8 Å². The second-order valence-corrected chi connectivity index (χ2v) is 5.70. The standard InChI is InChI=1S/C20H17N3O3/c21-17(19(23-26)18(22-25)14-7-2-1-3-8-14)20(24)16-11-10-13-6-4-5-9-15(13)12-16/h1-12,17,25-26H,21H2/b22-18+,23-19+. The van der Waals surface area contributed by atoms with Gasteiger partial charge in [0.15, 0.2) is 5.78 Å². The number of Topliss-reactive ketones (excluding diaryl/α,β-unsaturated/α-hetero) is 1. The molecule has 0 aliphatic rings. The predicted octanol–water partition coefficient (Wildman–Crippen LogP) is 3.06. The third-order valence-corrected chi connectivity index (χ3v) is 4.11. The first kappa shape index (κ1) is 17.3. The maximum atomic E-state index is 12.8. The molecule has 4 N–H and O–H groups in total. The van der Waals surface area contributed by atoms with Crippen LogP contribution in [-0.4, -0.2) is 33.7 Å². The number of benzene rings is 3. The van der Waals surface area contributed by atoms with Crippen molar-refractivity contribution in [3.8, 4) is 0 Å². The van der Waals surface area contributed by atoms with Crippen LogP contribution in [0.1, 0.15) is 15.9 Å². The van der Waals surface area contributed by atoms with Gasteiger partial charge in [0.1, 0.15) is 17.5 Å². The van der Waals surface area contributed by atoms with Gasteiger partial charge in [0.2, 0.25) is 0 Å². The summed E-state index contributed by atoms with van der Waals surface area (Å²) in [5.41, 5.74) is 6.61. The molecule has 1 atom stereocenters. The number of rotatable bonds is 5. The molecule has 6 heteroatoms. The fraction of sp³-hybridized carbons (Fsp3) is 0.0500. The van der Waals surface area contributed by atoms with Crippen molar-refractivity contribution in [2.24, 2.45) is 16.0 Å². The van der Waals surface area contributed by atoms with Crippen LogP contribution in [0.3, 0.4) is 0 Å². The van der Waals surface area contributed by atoms with Crippen LogP contribution in [0.4, 0.5) is 0 Å². The number of nitrogens with two attached hydrogens (primary N) is 1. The number of ketones is 1. The molecule has 3 aromatic rings. The summed E-state index contributed by atoms with van der Waals surface area (Å²) in [6.45, 7) is 0. The second kappa shape index (κ2) is 7.58. The third kappa shape index (κ3) is 3.31. The average Bonchev–Trinajstić information content (AvgIpc) is 2.71. The lowest BCUT2D eigenvalue weighted by Gasteiger charge is -2.14. The minimum atomic E-state index is -1.28. The van der Waals surface area contributed by atoms with Gasteiger partial charge in [-0.2, -0.15) is 0 Å². The fourth-order valence-electron chi connectivity index (χ4n) is 2.76. The molecule has 0 saturated carbocycles. The van der Waals surface area contributed by atoms with E-state index in [-0.39, 0.29) is 11.4 Å². The summed E-state index contributed by atoms with van der Waals surface area (Å²) in [7, 11) is 0. The number of carbonyl (C=O) groups excluding carboxylic acids is 1. The van der Waals surface area contributed by atoms with Crippen LogP contribution in [0.15, 0.2) is 83.1 Å². The highest BCUT2D eigenvalue weighted by Crippen LogP contribution is 2.17. The van der Waals surface area contributed by atoms with Crippen molar-refractivity contribution >= 4 is 28.0 Å². The molecular weight excluding hydrogens is 330 g/mol. The lowest BCUT2D eigenvalue weighted by molar-refractivity contribution is 0.0983. The largest absolute Gasteiger partial charge is 0.411 e. The van der Waals surface area contributed by atoms with Crippen molar-refractivity contribution < 1.29 is 15.2 Å². The van der Waals surface area contributed by atoms with Crippen LogP contribution in [0.2, 0.25) is 0 Å². The van der Waals surface area contributed by atoms with Crippen LogP contribution in [-0.2, 0) is 0 Å². The number of carbonyl (C=O) groups is 1. The van der Waals surface area contributed by atoms with Gasteiger partial charge in [-0.25, -0.2) is 0 Å². The van der Waals surface area contributed by atoms with E-state index in [0.29, 0.717) is 11.1 Å². The van der Waals surface area contributed by atoms with E-state index in [1.54, 1.807) is 42.5 Å². The molecule has 0 spiro atoms. The maximum Gasteiger partial charge on any atom is 0.185 e. The Hall–Kier alpha value is -3.51. The Morgan fingerprint density at radius 2 is 1.46 bits per heavy atom. The maximum absolute atomic E-state index is 12.8. The van der Waals surface area contributed by atoms with Crippen molar-refractivity contribution in [3.63, 3.8) is 0 Å². The first-order valence-corrected chi connectivity index (χ1v) is 7.94. The molecule has 6 nitrogen and oxygen atoms in total. The number of fused-ring (bicyclic) bond motifs is 1. The van der Waals surface area contributed by atoms with Gasteiger partial charge in [-0.1, -0.05) is 77.0 Å². The Morgan fingerprint density at radius 1 is 0.808 bits per heavy atom. The van der Waals surface area contributed by atoms with Crippen LogP contribution in [0, 0.1) is 0 Å². The van der Waals surface area contributed by atoms with Gasteiger partial charge < -0.3 is 16.1 Å². The molecule has 0 fully saturated rings. The summed E-state index contributed by atoms with van der Waals surface area (Å²) in [6.07, 6.45) is 0. The first-order valence-electron chi connectivity index (χ1n) is 7.94. The monoisotopic (exact) mass is 347 g/mol. The topological polar surface area (TPSA) is 108 Å². The lowest BCUT2D eigenvalue weighted by Crippen LogP contribution is -2.43. The van der Waals surface area contributed by atoms with Crippen molar-refractivity contribution in [2.45, 2.75) is 6.04 Å². The van der Waals surface area contributed by atoms with E-state index in [2.05, 4.69) is 10.3 Å². The molecule has 1 unspecified atom stereocenters. The summed E-state index contributed by atoms with van der Waals surface area (Å²) in [4.78, 5) is 12.8. The lowest BCUT2D eigenvalue weighted by atomic mass is 9.94. The molecule has 0 aromatic heterocycles. The zero-order chi connectivity index (χ0) is 18.5. The number of oxime groups is 2. The van der Waals surface area contributed by atoms with E-state index in [9.17, 15) is 15.2 Å². The predicted molar refractivity (Wildman–Crippen MR) is 100 cm³/mol. The second-order valence-electron chi connectivity index (χ2n) is 5.70. The molecule has 0 aliphatic carbocycles. The highest BCUT2D eigenvalue weighted by molar-refractivity contribution is 6.53. The Labute approximate surface area is 149 Å². The summed E-state index contributed by atoms with van der Waals surface area (Å²) < 4.78 is 0. The zero-order valence-electron chi connectivity index (χ0n) is 13.8. The average molecular weight is 347 g/mol. The van der Waals surface area contributed by atoms with Crippen LogP contribution >= 0.6 is 0 Å². The van der Waals surface area contributed by atoms with E-state index in [0.717, 1.165) is 10.8 Å². The van der Waals surface area contributed by atoms with Crippen molar-refractivity contribution in [1.29, 1.82) is 0 Å². The smallest absolute Gasteiger partial charge is 0.185 e. The van der Waals surface area contributed by atoms with Gasteiger partial charge in [-0.15, -0.1) is 0 Å². The van der Waals surface area contributed by atoms with Crippen LogP contribution < -0.4 is 5.73 Å². The molecule has 3 aromatic carbocycles. The molecule has 0 heterocycles. The normalized spacial score (nSPS) is 13.6. The molecule has 0 aliphatic heterocycles. The zero-order valence-corrected chi connectivity index (χ0v) is 13.8. The summed E-state index contributed by atoms with van der Waals surface area (Å²) in [5.74, 6) is -0.444. The summed E-state index contributed by atoms with van der Waals surface area (Å²) in [6, 6.07) is 20.1. The molecule has 0 radical (unpaired) electrons. The van der Waals surface area contributed by atoms with Crippen LogP contribution in [0.25, 0.3) is 10.8 Å². The minimum absolute atomic E-state index is 0.0604. The minimum Gasteiger partial charge on any atom is -0.411 e. The molecule has 0 bridgehead atoms. The van der Waals surface area contributed by atoms with Crippen molar-refractivity contribution in [3.05, 3.63) is 83.9 Å².